The van der Waals surface area contributed by atoms with E-state index in [2.05, 4.69) is 15.4 Å². The van der Waals surface area contributed by atoms with Crippen molar-refractivity contribution in [1.29, 1.82) is 0 Å². The van der Waals surface area contributed by atoms with Crippen molar-refractivity contribution in [1.82, 2.24) is 10.2 Å². The molecule has 0 radical (unpaired) electrons. The van der Waals surface area contributed by atoms with Crippen LogP contribution in [0.15, 0.2) is 44.0 Å². The van der Waals surface area contributed by atoms with Crippen molar-refractivity contribution < 1.29 is 9.62 Å². The van der Waals surface area contributed by atoms with E-state index in [9.17, 15) is 0 Å². The lowest BCUT2D eigenvalue weighted by Gasteiger charge is -2.00. The van der Waals surface area contributed by atoms with Crippen LogP contribution >= 0.6 is 11.8 Å². The molecule has 3 N–H and O–H groups in total. The Morgan fingerprint density at radius 3 is 2.59 bits per heavy atom. The van der Waals surface area contributed by atoms with Gasteiger partial charge in [0.2, 0.25) is 5.89 Å². The maximum absolute atomic E-state index is 8.52. The lowest BCUT2D eigenvalue weighted by molar-refractivity contribution is 0.318. The van der Waals surface area contributed by atoms with Crippen molar-refractivity contribution in [3.8, 4) is 0 Å². The fraction of sp³-hybridized carbons (Fsp3) is 0.100. The molecule has 0 spiro atoms. The summed E-state index contributed by atoms with van der Waals surface area (Å²) in [6.45, 7) is 1.73. The van der Waals surface area contributed by atoms with Crippen molar-refractivity contribution >= 4 is 17.6 Å². The Labute approximate surface area is 102 Å². The molecule has 0 atom stereocenters. The van der Waals surface area contributed by atoms with Crippen LogP contribution in [0, 0.1) is 6.92 Å². The predicted octanol–water partition coefficient (Wildman–Crippen LogP) is 1.62. The van der Waals surface area contributed by atoms with Gasteiger partial charge in [-0.3, -0.25) is 0 Å². The fourth-order valence-electron chi connectivity index (χ4n) is 1.17. The third-order valence-corrected chi connectivity index (χ3v) is 2.82. The van der Waals surface area contributed by atoms with Gasteiger partial charge in [-0.05, 0) is 23.9 Å². The Morgan fingerprint density at radius 1 is 1.35 bits per heavy atom. The topological polar surface area (TPSA) is 97.5 Å². The minimum Gasteiger partial charge on any atom is -0.416 e. The number of benzene rings is 1. The number of aryl methyl sites for hydroxylation is 1. The number of oxime groups is 1. The van der Waals surface area contributed by atoms with Crippen molar-refractivity contribution in [3.05, 3.63) is 35.7 Å². The Bertz CT molecular complexity index is 535. The average Bonchev–Trinajstić information content (AvgIpc) is 2.75. The van der Waals surface area contributed by atoms with E-state index in [1.54, 1.807) is 19.1 Å². The van der Waals surface area contributed by atoms with E-state index in [-0.39, 0.29) is 5.84 Å². The molecule has 0 aliphatic carbocycles. The number of nitrogens with two attached hydrogens (primary N) is 1. The van der Waals surface area contributed by atoms with E-state index >= 15 is 0 Å². The van der Waals surface area contributed by atoms with Gasteiger partial charge in [0.15, 0.2) is 5.84 Å². The monoisotopic (exact) mass is 250 g/mol. The van der Waals surface area contributed by atoms with Crippen LogP contribution in [0.5, 0.6) is 0 Å². The van der Waals surface area contributed by atoms with E-state index in [0.717, 1.165) is 4.90 Å². The number of amidine groups is 1. The predicted molar refractivity (Wildman–Crippen MR) is 62.1 cm³/mol. The highest BCUT2D eigenvalue weighted by Crippen LogP contribution is 2.26. The quantitative estimate of drug-likeness (QED) is 0.372. The van der Waals surface area contributed by atoms with Gasteiger partial charge >= 0.3 is 0 Å². The summed E-state index contributed by atoms with van der Waals surface area (Å²) in [5.41, 5.74) is 6.10. The smallest absolute Gasteiger partial charge is 0.281 e. The van der Waals surface area contributed by atoms with Crippen LogP contribution in [0.4, 0.5) is 0 Å². The molecule has 7 heteroatoms. The molecular weight excluding hydrogens is 240 g/mol. The summed E-state index contributed by atoms with van der Waals surface area (Å²) in [5.74, 6) is 0.607. The first kappa shape index (κ1) is 11.5. The van der Waals surface area contributed by atoms with Gasteiger partial charge in [-0.1, -0.05) is 17.3 Å². The molecule has 17 heavy (non-hydrogen) atoms. The maximum atomic E-state index is 8.52. The zero-order valence-electron chi connectivity index (χ0n) is 8.99. The summed E-state index contributed by atoms with van der Waals surface area (Å²) in [6.07, 6.45) is 0. The second kappa shape index (κ2) is 4.88. The zero-order chi connectivity index (χ0) is 12.3. The molecule has 0 saturated carbocycles. The molecule has 2 aromatic rings. The van der Waals surface area contributed by atoms with Crippen molar-refractivity contribution in [2.75, 3.05) is 0 Å². The minimum atomic E-state index is 0.0789. The Kier molecular flexibility index (Phi) is 3.29. The lowest BCUT2D eigenvalue weighted by Crippen LogP contribution is -2.12. The Hall–Kier alpha value is -2.02. The number of hydrogen-bond acceptors (Lipinski definition) is 6. The van der Waals surface area contributed by atoms with Crippen molar-refractivity contribution in [3.63, 3.8) is 0 Å². The molecule has 0 amide bonds. The molecule has 0 aliphatic rings. The molecular formula is C10H10N4O2S. The van der Waals surface area contributed by atoms with Gasteiger partial charge in [0, 0.05) is 17.4 Å². The van der Waals surface area contributed by atoms with Crippen LogP contribution in [0.1, 0.15) is 11.5 Å². The average molecular weight is 250 g/mol. The third-order valence-electron chi connectivity index (χ3n) is 1.97. The second-order valence-corrected chi connectivity index (χ2v) is 4.22. The summed E-state index contributed by atoms with van der Waals surface area (Å²) < 4.78 is 5.24. The largest absolute Gasteiger partial charge is 0.416 e. The molecule has 1 heterocycles. The van der Waals surface area contributed by atoms with Gasteiger partial charge in [-0.15, -0.1) is 10.2 Å². The van der Waals surface area contributed by atoms with E-state index in [4.69, 9.17) is 15.4 Å². The molecule has 88 valence electrons. The van der Waals surface area contributed by atoms with Gasteiger partial charge < -0.3 is 15.4 Å². The van der Waals surface area contributed by atoms with Crippen molar-refractivity contribution in [2.45, 2.75) is 17.0 Å². The Balaban J connectivity index is 2.13. The van der Waals surface area contributed by atoms with Gasteiger partial charge in [0.05, 0.1) is 0 Å². The lowest BCUT2D eigenvalue weighted by atomic mass is 10.2. The molecule has 0 fully saturated rings. The molecule has 0 bridgehead atoms. The highest BCUT2D eigenvalue weighted by atomic mass is 32.2. The third kappa shape index (κ3) is 2.76. The van der Waals surface area contributed by atoms with E-state index in [1.807, 2.05) is 12.1 Å². The summed E-state index contributed by atoms with van der Waals surface area (Å²) in [7, 11) is 0. The van der Waals surface area contributed by atoms with Crippen LogP contribution in [0.25, 0.3) is 0 Å². The normalized spacial score (nSPS) is 11.7. The highest BCUT2D eigenvalue weighted by molar-refractivity contribution is 7.99. The second-order valence-electron chi connectivity index (χ2n) is 3.20. The number of hydrogen-bond donors (Lipinski definition) is 2. The first-order valence-corrected chi connectivity index (χ1v) is 5.56. The summed E-state index contributed by atoms with van der Waals surface area (Å²) in [6, 6.07) is 7.16. The van der Waals surface area contributed by atoms with Gasteiger partial charge in [0.25, 0.3) is 5.22 Å². The minimum absolute atomic E-state index is 0.0789. The molecule has 0 saturated heterocycles. The van der Waals surface area contributed by atoms with Crippen LogP contribution in [-0.4, -0.2) is 21.2 Å². The van der Waals surface area contributed by atoms with Crippen molar-refractivity contribution in [2.24, 2.45) is 10.9 Å². The van der Waals surface area contributed by atoms with Gasteiger partial charge in [0.1, 0.15) is 0 Å². The van der Waals surface area contributed by atoms with E-state index in [0.29, 0.717) is 16.7 Å². The number of aromatic nitrogens is 2. The van der Waals surface area contributed by atoms with Gasteiger partial charge in [-0.2, -0.15) is 0 Å². The number of nitrogens with zero attached hydrogens (tertiary/aromatic N) is 3. The SMILES string of the molecule is Cc1nnc(Sc2ccc(C(N)=NO)cc2)o1. The fourth-order valence-corrected chi connectivity index (χ4v) is 1.89. The Morgan fingerprint density at radius 2 is 2.06 bits per heavy atom. The maximum Gasteiger partial charge on any atom is 0.281 e. The highest BCUT2D eigenvalue weighted by Gasteiger charge is 2.05. The van der Waals surface area contributed by atoms with E-state index in [1.165, 1.54) is 11.8 Å². The summed E-state index contributed by atoms with van der Waals surface area (Å²) in [4.78, 5) is 0.933. The standard InChI is InChI=1S/C10H10N4O2S/c1-6-12-13-10(16-6)17-8-4-2-7(3-5-8)9(11)14-15/h2-5,15H,1H3,(H2,11,14). The molecule has 0 aliphatic heterocycles. The first-order chi connectivity index (χ1) is 8.19. The van der Waals surface area contributed by atoms with Crippen LogP contribution < -0.4 is 5.73 Å². The van der Waals surface area contributed by atoms with E-state index < -0.39 is 0 Å². The summed E-state index contributed by atoms with van der Waals surface area (Å²) in [5, 5.41) is 19.5. The molecule has 1 aromatic carbocycles. The number of rotatable bonds is 3. The summed E-state index contributed by atoms with van der Waals surface area (Å²) >= 11 is 1.35. The molecule has 2 rings (SSSR count). The molecule has 1 aromatic heterocycles. The molecule has 0 unspecified atom stereocenters. The first-order valence-electron chi connectivity index (χ1n) is 4.75. The van der Waals surface area contributed by atoms with Crippen LogP contribution in [-0.2, 0) is 0 Å². The van der Waals surface area contributed by atoms with Crippen LogP contribution in [0.2, 0.25) is 0 Å². The van der Waals surface area contributed by atoms with Crippen LogP contribution in [0.3, 0.4) is 0 Å². The van der Waals surface area contributed by atoms with Gasteiger partial charge in [-0.25, -0.2) is 0 Å². The zero-order valence-corrected chi connectivity index (χ0v) is 9.81. The molecule has 6 nitrogen and oxygen atoms in total.